The fraction of sp³-hybridized carbons (Fsp3) is 0.214. The van der Waals surface area contributed by atoms with Crippen LogP contribution in [0.5, 0.6) is 0 Å². The molecule has 0 aliphatic heterocycles. The lowest BCUT2D eigenvalue weighted by Crippen LogP contribution is -2.14. The van der Waals surface area contributed by atoms with Gasteiger partial charge in [-0.1, -0.05) is 18.2 Å². The molecule has 0 fully saturated rings. The highest BCUT2D eigenvalue weighted by molar-refractivity contribution is 7.92. The van der Waals surface area contributed by atoms with E-state index in [1.807, 2.05) is 0 Å². The molecule has 0 amide bonds. The first-order chi connectivity index (χ1) is 9.40. The van der Waals surface area contributed by atoms with Gasteiger partial charge in [0, 0.05) is 6.20 Å². The van der Waals surface area contributed by atoms with Gasteiger partial charge < -0.3 is 5.11 Å². The molecule has 0 spiro atoms. The Balaban J connectivity index is 2.29. The highest BCUT2D eigenvalue weighted by atomic mass is 32.2. The topological polar surface area (TPSA) is 79.3 Å². The van der Waals surface area contributed by atoms with E-state index in [1.165, 1.54) is 18.3 Å². The second-order valence-electron chi connectivity index (χ2n) is 4.52. The van der Waals surface area contributed by atoms with Crippen molar-refractivity contribution < 1.29 is 13.5 Å². The molecule has 0 radical (unpaired) electrons. The van der Waals surface area contributed by atoms with Crippen molar-refractivity contribution in [2.24, 2.45) is 0 Å². The van der Waals surface area contributed by atoms with Crippen molar-refractivity contribution in [3.05, 3.63) is 53.7 Å². The number of aliphatic hydroxyl groups is 1. The number of rotatable bonds is 4. The van der Waals surface area contributed by atoms with Crippen molar-refractivity contribution in [1.82, 2.24) is 4.98 Å². The van der Waals surface area contributed by atoms with E-state index in [4.69, 9.17) is 0 Å². The summed E-state index contributed by atoms with van der Waals surface area (Å²) < 4.78 is 26.9. The molecule has 6 heteroatoms. The Kier molecular flexibility index (Phi) is 4.06. The number of pyridine rings is 1. The van der Waals surface area contributed by atoms with Crippen LogP contribution in [0.2, 0.25) is 0 Å². The molecule has 0 aliphatic rings. The number of aliphatic hydroxyl groups excluding tert-OH is 1. The third kappa shape index (κ3) is 3.15. The maximum absolute atomic E-state index is 12.2. The minimum Gasteiger partial charge on any atom is -0.389 e. The summed E-state index contributed by atoms with van der Waals surface area (Å²) >= 11 is 0. The predicted molar refractivity (Wildman–Crippen MR) is 76.9 cm³/mol. The average Bonchev–Trinajstić information content (AvgIpc) is 2.41. The van der Waals surface area contributed by atoms with Crippen LogP contribution in [0.25, 0.3) is 0 Å². The fourth-order valence-corrected chi connectivity index (χ4v) is 2.78. The normalized spacial score (nSPS) is 12.9. The van der Waals surface area contributed by atoms with Crippen LogP contribution in [0.1, 0.15) is 24.2 Å². The number of nitrogens with zero attached hydrogens (tertiary/aromatic N) is 1. The minimum absolute atomic E-state index is 0.131. The Labute approximate surface area is 118 Å². The van der Waals surface area contributed by atoms with Crippen molar-refractivity contribution in [2.75, 3.05) is 4.72 Å². The molecule has 0 aliphatic carbocycles. The van der Waals surface area contributed by atoms with Crippen LogP contribution >= 0.6 is 0 Å². The first-order valence-corrected chi connectivity index (χ1v) is 7.61. The van der Waals surface area contributed by atoms with Crippen molar-refractivity contribution in [3.8, 4) is 0 Å². The minimum atomic E-state index is -3.67. The van der Waals surface area contributed by atoms with Gasteiger partial charge in [-0.25, -0.2) is 13.4 Å². The van der Waals surface area contributed by atoms with E-state index < -0.39 is 16.1 Å². The molecular formula is C14H16N2O3S. The Morgan fingerprint density at radius 2 is 1.85 bits per heavy atom. The van der Waals surface area contributed by atoms with Gasteiger partial charge in [0.2, 0.25) is 0 Å². The summed E-state index contributed by atoms with van der Waals surface area (Å²) in [5.41, 5.74) is 1.41. The maximum Gasteiger partial charge on any atom is 0.263 e. The number of nitrogens with one attached hydrogen (secondary N) is 1. The lowest BCUT2D eigenvalue weighted by molar-refractivity contribution is 0.199. The van der Waals surface area contributed by atoms with Crippen LogP contribution in [0.4, 0.5) is 5.82 Å². The molecule has 5 nitrogen and oxygen atoms in total. The van der Waals surface area contributed by atoms with Crippen LogP contribution in [0.3, 0.4) is 0 Å². The molecule has 1 aromatic carbocycles. The Morgan fingerprint density at radius 3 is 2.40 bits per heavy atom. The third-order valence-corrected chi connectivity index (χ3v) is 4.27. The number of sulfonamides is 1. The molecule has 1 heterocycles. The van der Waals surface area contributed by atoms with Gasteiger partial charge in [-0.15, -0.1) is 0 Å². The quantitative estimate of drug-likeness (QED) is 0.905. The number of hydrogen-bond acceptors (Lipinski definition) is 4. The van der Waals surface area contributed by atoms with Crippen LogP contribution in [-0.4, -0.2) is 18.5 Å². The van der Waals surface area contributed by atoms with Crippen molar-refractivity contribution >= 4 is 15.8 Å². The van der Waals surface area contributed by atoms with E-state index in [2.05, 4.69) is 9.71 Å². The molecule has 2 rings (SSSR count). The van der Waals surface area contributed by atoms with Gasteiger partial charge in [-0.05, 0) is 43.2 Å². The van der Waals surface area contributed by atoms with Crippen molar-refractivity contribution in [3.63, 3.8) is 0 Å². The summed E-state index contributed by atoms with van der Waals surface area (Å²) in [5.74, 6) is 0.312. The molecule has 2 N–H and O–H groups in total. The second-order valence-corrected chi connectivity index (χ2v) is 6.20. The van der Waals surface area contributed by atoms with Crippen LogP contribution in [-0.2, 0) is 10.0 Å². The molecule has 0 bridgehead atoms. The standard InChI is InChI=1S/C14H16N2O3S/c1-10-4-3-9-15-14(10)16-20(18,19)13-7-5-12(6-8-13)11(2)17/h3-9,11,17H,1-2H3,(H,15,16). The van der Waals surface area contributed by atoms with Gasteiger partial charge in [0.1, 0.15) is 5.82 Å². The predicted octanol–water partition coefficient (Wildman–Crippen LogP) is 2.24. The van der Waals surface area contributed by atoms with Gasteiger partial charge in [0.05, 0.1) is 11.0 Å². The maximum atomic E-state index is 12.2. The Bertz CT molecular complexity index is 695. The summed E-state index contributed by atoms with van der Waals surface area (Å²) in [7, 11) is -3.67. The summed E-state index contributed by atoms with van der Waals surface area (Å²) in [6.07, 6.45) is 0.902. The number of aryl methyl sites for hydroxylation is 1. The van der Waals surface area contributed by atoms with Crippen molar-refractivity contribution in [1.29, 1.82) is 0 Å². The van der Waals surface area contributed by atoms with E-state index >= 15 is 0 Å². The molecule has 20 heavy (non-hydrogen) atoms. The first-order valence-electron chi connectivity index (χ1n) is 6.12. The summed E-state index contributed by atoms with van der Waals surface area (Å²) in [5, 5.41) is 9.41. The first kappa shape index (κ1) is 14.5. The van der Waals surface area contributed by atoms with E-state index in [0.29, 0.717) is 11.4 Å². The van der Waals surface area contributed by atoms with Gasteiger partial charge in [-0.2, -0.15) is 0 Å². The molecule has 0 saturated heterocycles. The molecule has 0 saturated carbocycles. The van der Waals surface area contributed by atoms with E-state index in [1.54, 1.807) is 38.1 Å². The Morgan fingerprint density at radius 1 is 1.20 bits per heavy atom. The SMILES string of the molecule is Cc1cccnc1NS(=O)(=O)c1ccc(C(C)O)cc1. The molecular weight excluding hydrogens is 276 g/mol. The number of aromatic nitrogens is 1. The largest absolute Gasteiger partial charge is 0.389 e. The summed E-state index contributed by atoms with van der Waals surface area (Å²) in [6, 6.07) is 9.62. The van der Waals surface area contributed by atoms with Crippen LogP contribution < -0.4 is 4.72 Å². The molecule has 2 aromatic rings. The lowest BCUT2D eigenvalue weighted by Gasteiger charge is -2.10. The number of hydrogen-bond donors (Lipinski definition) is 2. The highest BCUT2D eigenvalue weighted by Gasteiger charge is 2.16. The summed E-state index contributed by atoms with van der Waals surface area (Å²) in [6.45, 7) is 3.40. The van der Waals surface area contributed by atoms with Crippen LogP contribution in [0.15, 0.2) is 47.5 Å². The number of anilines is 1. The molecule has 1 aromatic heterocycles. The summed E-state index contributed by atoms with van der Waals surface area (Å²) in [4.78, 5) is 4.14. The zero-order valence-corrected chi connectivity index (χ0v) is 12.1. The van der Waals surface area contributed by atoms with Gasteiger partial charge in [0.25, 0.3) is 10.0 Å². The highest BCUT2D eigenvalue weighted by Crippen LogP contribution is 2.19. The van der Waals surface area contributed by atoms with E-state index in [9.17, 15) is 13.5 Å². The Hall–Kier alpha value is -1.92. The van der Waals surface area contributed by atoms with Gasteiger partial charge >= 0.3 is 0 Å². The molecule has 1 atom stereocenters. The molecule has 1 unspecified atom stereocenters. The number of benzene rings is 1. The zero-order chi connectivity index (χ0) is 14.8. The second kappa shape index (κ2) is 5.60. The third-order valence-electron chi connectivity index (χ3n) is 2.91. The lowest BCUT2D eigenvalue weighted by atomic mass is 10.1. The van der Waals surface area contributed by atoms with E-state index in [-0.39, 0.29) is 4.90 Å². The monoisotopic (exact) mass is 292 g/mol. The van der Waals surface area contributed by atoms with E-state index in [0.717, 1.165) is 5.56 Å². The van der Waals surface area contributed by atoms with Crippen LogP contribution in [0, 0.1) is 6.92 Å². The average molecular weight is 292 g/mol. The fourth-order valence-electron chi connectivity index (χ4n) is 1.70. The van der Waals surface area contributed by atoms with Gasteiger partial charge in [-0.3, -0.25) is 4.72 Å². The molecule has 106 valence electrons. The smallest absolute Gasteiger partial charge is 0.263 e. The zero-order valence-electron chi connectivity index (χ0n) is 11.2. The van der Waals surface area contributed by atoms with Crippen molar-refractivity contribution in [2.45, 2.75) is 24.8 Å². The van der Waals surface area contributed by atoms with Gasteiger partial charge in [0.15, 0.2) is 0 Å².